The molecule has 19 heavy (non-hydrogen) atoms. The van der Waals surface area contributed by atoms with Crippen LogP contribution in [0.3, 0.4) is 0 Å². The summed E-state index contributed by atoms with van der Waals surface area (Å²) in [7, 11) is -3.77. The summed E-state index contributed by atoms with van der Waals surface area (Å²) >= 11 is 0. The maximum Gasteiger partial charge on any atom is 0.181 e. The summed E-state index contributed by atoms with van der Waals surface area (Å²) in [6, 6.07) is 12.5. The first kappa shape index (κ1) is 13.7. The van der Waals surface area contributed by atoms with Gasteiger partial charge in [-0.3, -0.25) is 0 Å². The fraction of sp³-hybridized carbons (Fsp3) is 0.143. The molecule has 0 aliphatic rings. The van der Waals surface area contributed by atoms with Gasteiger partial charge in [-0.2, -0.15) is 0 Å². The molecular formula is C14H12F2O2S. The molecule has 0 aliphatic carbocycles. The van der Waals surface area contributed by atoms with E-state index in [-0.39, 0.29) is 4.90 Å². The lowest BCUT2D eigenvalue weighted by Gasteiger charge is -2.09. The summed E-state index contributed by atoms with van der Waals surface area (Å²) in [5, 5.41) is 0. The van der Waals surface area contributed by atoms with Gasteiger partial charge in [0.15, 0.2) is 9.84 Å². The lowest BCUT2D eigenvalue weighted by molar-refractivity contribution is 0.374. The van der Waals surface area contributed by atoms with Gasteiger partial charge < -0.3 is 0 Å². The third-order valence-electron chi connectivity index (χ3n) is 2.70. The van der Waals surface area contributed by atoms with Gasteiger partial charge in [0.25, 0.3) is 0 Å². The highest BCUT2D eigenvalue weighted by Crippen LogP contribution is 2.23. The third-order valence-corrected chi connectivity index (χ3v) is 4.42. The molecule has 0 amide bonds. The van der Waals surface area contributed by atoms with Crippen LogP contribution in [0.25, 0.3) is 0 Å². The first-order chi connectivity index (χ1) is 8.99. The van der Waals surface area contributed by atoms with E-state index in [4.69, 9.17) is 0 Å². The molecule has 2 rings (SSSR count). The Balaban J connectivity index is 2.20. The molecule has 0 saturated heterocycles. The van der Waals surface area contributed by atoms with Crippen molar-refractivity contribution in [2.24, 2.45) is 0 Å². The zero-order valence-corrected chi connectivity index (χ0v) is 10.8. The van der Waals surface area contributed by atoms with E-state index in [9.17, 15) is 17.2 Å². The molecule has 0 bridgehead atoms. The molecule has 0 radical (unpaired) electrons. The highest BCUT2D eigenvalue weighted by Gasteiger charge is 2.22. The Morgan fingerprint density at radius 2 is 1.53 bits per heavy atom. The van der Waals surface area contributed by atoms with E-state index in [0.717, 1.165) is 24.3 Å². The molecule has 0 spiro atoms. The summed E-state index contributed by atoms with van der Waals surface area (Å²) in [6.45, 7) is 0. The zero-order chi connectivity index (χ0) is 13.9. The normalized spacial score (nSPS) is 13.2. The number of halogens is 2. The molecule has 0 N–H and O–H groups in total. The Hall–Kier alpha value is -1.75. The van der Waals surface area contributed by atoms with Gasteiger partial charge in [0.2, 0.25) is 0 Å². The Morgan fingerprint density at radius 1 is 0.947 bits per heavy atom. The van der Waals surface area contributed by atoms with Crippen LogP contribution in [0.15, 0.2) is 59.5 Å². The van der Waals surface area contributed by atoms with E-state index in [1.54, 1.807) is 18.2 Å². The number of hydrogen-bond acceptors (Lipinski definition) is 2. The summed E-state index contributed by atoms with van der Waals surface area (Å²) in [5.41, 5.74) is 0.313. The summed E-state index contributed by atoms with van der Waals surface area (Å²) in [4.78, 5) is -0.0764. The second kappa shape index (κ2) is 5.48. The molecule has 100 valence electrons. The molecule has 1 atom stereocenters. The van der Waals surface area contributed by atoms with Crippen molar-refractivity contribution in [2.45, 2.75) is 11.1 Å². The maximum absolute atomic E-state index is 13.9. The monoisotopic (exact) mass is 282 g/mol. The second-order valence-corrected chi connectivity index (χ2v) is 6.15. The number of rotatable bonds is 4. The number of sulfone groups is 1. The summed E-state index contributed by atoms with van der Waals surface area (Å²) < 4.78 is 50.6. The zero-order valence-electron chi connectivity index (χ0n) is 9.96. The van der Waals surface area contributed by atoms with Crippen LogP contribution in [0.2, 0.25) is 0 Å². The van der Waals surface area contributed by atoms with Crippen LogP contribution >= 0.6 is 0 Å². The van der Waals surface area contributed by atoms with Gasteiger partial charge >= 0.3 is 0 Å². The smallest absolute Gasteiger partial charge is 0.181 e. The molecule has 0 fully saturated rings. The second-order valence-electron chi connectivity index (χ2n) is 4.11. The van der Waals surface area contributed by atoms with E-state index < -0.39 is 27.6 Å². The first-order valence-corrected chi connectivity index (χ1v) is 7.31. The van der Waals surface area contributed by atoms with E-state index in [0.29, 0.717) is 5.56 Å². The highest BCUT2D eigenvalue weighted by atomic mass is 32.2. The van der Waals surface area contributed by atoms with Crippen LogP contribution in [-0.2, 0) is 9.84 Å². The number of hydrogen-bond donors (Lipinski definition) is 0. The van der Waals surface area contributed by atoms with Crippen molar-refractivity contribution >= 4 is 9.84 Å². The number of alkyl halides is 1. The van der Waals surface area contributed by atoms with Gasteiger partial charge in [0, 0.05) is 0 Å². The molecule has 5 heteroatoms. The van der Waals surface area contributed by atoms with E-state index >= 15 is 0 Å². The van der Waals surface area contributed by atoms with Crippen molar-refractivity contribution in [1.29, 1.82) is 0 Å². The van der Waals surface area contributed by atoms with Gasteiger partial charge in [-0.05, 0) is 29.8 Å². The minimum atomic E-state index is -3.77. The Labute approximate surface area is 110 Å². The van der Waals surface area contributed by atoms with Crippen molar-refractivity contribution in [2.75, 3.05) is 5.75 Å². The van der Waals surface area contributed by atoms with Crippen molar-refractivity contribution in [3.8, 4) is 0 Å². The quantitative estimate of drug-likeness (QED) is 0.806. The van der Waals surface area contributed by atoms with Gasteiger partial charge in [-0.25, -0.2) is 17.2 Å². The molecular weight excluding hydrogens is 270 g/mol. The topological polar surface area (TPSA) is 34.1 Å². The van der Waals surface area contributed by atoms with Crippen molar-refractivity contribution in [3.05, 3.63) is 66.0 Å². The molecule has 0 saturated carbocycles. The Bertz CT molecular complexity index is 637. The minimum Gasteiger partial charge on any atom is -0.241 e. The molecule has 0 heterocycles. The highest BCUT2D eigenvalue weighted by molar-refractivity contribution is 7.91. The molecule has 2 nitrogen and oxygen atoms in total. The van der Waals surface area contributed by atoms with Crippen LogP contribution in [0.1, 0.15) is 11.7 Å². The fourth-order valence-corrected chi connectivity index (χ4v) is 3.01. The van der Waals surface area contributed by atoms with Crippen LogP contribution in [0.5, 0.6) is 0 Å². The van der Waals surface area contributed by atoms with Crippen molar-refractivity contribution in [3.63, 3.8) is 0 Å². The molecule has 2 aromatic carbocycles. The predicted octanol–water partition coefficient (Wildman–Crippen LogP) is 3.31. The van der Waals surface area contributed by atoms with E-state index in [2.05, 4.69) is 0 Å². The van der Waals surface area contributed by atoms with E-state index in [1.165, 1.54) is 12.1 Å². The average molecular weight is 282 g/mol. The summed E-state index contributed by atoms with van der Waals surface area (Å²) in [6.07, 6.45) is -1.60. The van der Waals surface area contributed by atoms with E-state index in [1.807, 2.05) is 0 Å². The van der Waals surface area contributed by atoms with Crippen LogP contribution < -0.4 is 0 Å². The third kappa shape index (κ3) is 3.38. The minimum absolute atomic E-state index is 0.0764. The van der Waals surface area contributed by atoms with Crippen LogP contribution in [0, 0.1) is 5.82 Å². The Morgan fingerprint density at radius 3 is 2.11 bits per heavy atom. The first-order valence-electron chi connectivity index (χ1n) is 5.66. The largest absolute Gasteiger partial charge is 0.241 e. The van der Waals surface area contributed by atoms with Crippen LogP contribution in [-0.4, -0.2) is 14.2 Å². The predicted molar refractivity (Wildman–Crippen MR) is 68.7 cm³/mol. The fourth-order valence-electron chi connectivity index (χ4n) is 1.69. The Kier molecular flexibility index (Phi) is 3.95. The molecule has 2 aromatic rings. The average Bonchev–Trinajstić information content (AvgIpc) is 2.40. The van der Waals surface area contributed by atoms with Crippen molar-refractivity contribution < 1.29 is 17.2 Å². The van der Waals surface area contributed by atoms with Gasteiger partial charge in [-0.15, -0.1) is 0 Å². The number of benzene rings is 2. The van der Waals surface area contributed by atoms with Gasteiger partial charge in [0.05, 0.1) is 10.6 Å². The molecule has 0 aromatic heterocycles. The SMILES string of the molecule is O=S(=O)(CC(F)c1ccccc1)c1ccc(F)cc1. The summed E-state index contributed by atoms with van der Waals surface area (Å²) in [5.74, 6) is -1.18. The lowest BCUT2D eigenvalue weighted by atomic mass is 10.1. The van der Waals surface area contributed by atoms with Gasteiger partial charge in [-0.1, -0.05) is 30.3 Å². The lowest BCUT2D eigenvalue weighted by Crippen LogP contribution is -2.12. The standard InChI is InChI=1S/C14H12F2O2S/c15-12-6-8-13(9-7-12)19(17,18)10-14(16)11-4-2-1-3-5-11/h1-9,14H,10H2. The van der Waals surface area contributed by atoms with Gasteiger partial charge in [0.1, 0.15) is 12.0 Å². The molecule has 1 unspecified atom stereocenters. The van der Waals surface area contributed by atoms with Crippen LogP contribution in [0.4, 0.5) is 8.78 Å². The molecule has 0 aliphatic heterocycles. The maximum atomic E-state index is 13.9. The van der Waals surface area contributed by atoms with Crippen molar-refractivity contribution in [1.82, 2.24) is 0 Å².